The topological polar surface area (TPSA) is 9.23 Å². The lowest BCUT2D eigenvalue weighted by molar-refractivity contribution is 0.252. The molecule has 1 aliphatic rings. The lowest BCUT2D eigenvalue weighted by atomic mass is 9.90. The van der Waals surface area contributed by atoms with Gasteiger partial charge in [-0.25, -0.2) is 0 Å². The molecular weight excluding hydrogens is 227 g/mol. The summed E-state index contributed by atoms with van der Waals surface area (Å²) in [5.74, 6) is 1.23. The molecule has 1 unspecified atom stereocenters. The summed E-state index contributed by atoms with van der Waals surface area (Å²) in [5.41, 5.74) is 1.56. The molecule has 17 heavy (non-hydrogen) atoms. The van der Waals surface area contributed by atoms with Crippen LogP contribution in [0.5, 0.6) is 0 Å². The molecule has 0 bridgehead atoms. The van der Waals surface area contributed by atoms with Crippen molar-refractivity contribution in [1.29, 1.82) is 0 Å². The molecule has 0 aliphatic heterocycles. The molecule has 3 heteroatoms. The van der Waals surface area contributed by atoms with Crippen LogP contribution in [0, 0.1) is 11.8 Å². The van der Waals surface area contributed by atoms with Gasteiger partial charge in [-0.3, -0.25) is 0 Å². The molecule has 2 rings (SSSR count). The van der Waals surface area contributed by atoms with E-state index in [1.54, 1.807) is 5.57 Å². The van der Waals surface area contributed by atoms with Gasteiger partial charge in [0.25, 0.3) is 8.05 Å². The minimum atomic E-state index is 0.545. The Bertz CT molecular complexity index is 358. The van der Waals surface area contributed by atoms with E-state index >= 15 is 0 Å². The van der Waals surface area contributed by atoms with E-state index in [-0.39, 0.29) is 0 Å². The Kier molecular flexibility index (Phi) is 4.87. The van der Waals surface area contributed by atoms with Crippen LogP contribution in [0.15, 0.2) is 29.2 Å². The third-order valence-corrected chi connectivity index (χ3v) is 4.60. The molecule has 1 heterocycles. The van der Waals surface area contributed by atoms with Crippen molar-refractivity contribution in [1.82, 2.24) is 0 Å². The average molecular weight is 246 g/mol. The van der Waals surface area contributed by atoms with Crippen LogP contribution in [0.2, 0.25) is 0 Å². The maximum absolute atomic E-state index is 5.21. The number of thiophene rings is 1. The largest absolute Gasteiger partial charge is 0.447 e. The lowest BCUT2D eigenvalue weighted by Crippen LogP contribution is -2.15. The van der Waals surface area contributed by atoms with Crippen molar-refractivity contribution >= 4 is 19.4 Å². The predicted molar refractivity (Wildman–Crippen MR) is 74.3 cm³/mol. The maximum Gasteiger partial charge on any atom is 0.282 e. The minimum absolute atomic E-state index is 0.545. The van der Waals surface area contributed by atoms with E-state index in [1.165, 1.54) is 30.6 Å². The first kappa shape index (κ1) is 12.9. The van der Waals surface area contributed by atoms with E-state index in [9.17, 15) is 0 Å². The molecule has 90 valence electrons. The summed E-state index contributed by atoms with van der Waals surface area (Å²) in [6, 6.07) is 4.35. The van der Waals surface area contributed by atoms with Crippen LogP contribution in [0.3, 0.4) is 0 Å². The van der Waals surface area contributed by atoms with Gasteiger partial charge in [0.15, 0.2) is 0 Å². The Morgan fingerprint density at radius 2 is 2.35 bits per heavy atom. The van der Waals surface area contributed by atoms with E-state index in [0.29, 0.717) is 18.4 Å². The first-order valence-electron chi connectivity index (χ1n) is 6.34. The van der Waals surface area contributed by atoms with E-state index in [4.69, 9.17) is 12.7 Å². The second-order valence-corrected chi connectivity index (χ2v) is 5.90. The van der Waals surface area contributed by atoms with Crippen LogP contribution in [-0.4, -0.2) is 14.7 Å². The van der Waals surface area contributed by atoms with Crippen molar-refractivity contribution in [2.24, 2.45) is 11.8 Å². The van der Waals surface area contributed by atoms with Crippen LogP contribution in [0.1, 0.15) is 31.1 Å². The van der Waals surface area contributed by atoms with Gasteiger partial charge < -0.3 is 4.65 Å². The van der Waals surface area contributed by atoms with Crippen LogP contribution in [0.4, 0.5) is 0 Å². The Labute approximate surface area is 109 Å². The van der Waals surface area contributed by atoms with Crippen LogP contribution in [0.25, 0.3) is 0 Å². The van der Waals surface area contributed by atoms with Gasteiger partial charge in [-0.1, -0.05) is 24.6 Å². The molecular formula is C14H19BOS. The number of allylic oxidation sites excluding steroid dienone is 1. The zero-order valence-corrected chi connectivity index (χ0v) is 11.2. The summed E-state index contributed by atoms with van der Waals surface area (Å²) in [5, 5.41) is 2.15. The van der Waals surface area contributed by atoms with E-state index < -0.39 is 0 Å². The zero-order valence-electron chi connectivity index (χ0n) is 10.4. The van der Waals surface area contributed by atoms with Crippen LogP contribution < -0.4 is 0 Å². The number of aryl methyl sites for hydroxylation is 1. The van der Waals surface area contributed by atoms with E-state index in [0.717, 1.165) is 0 Å². The molecule has 1 aliphatic carbocycles. The smallest absolute Gasteiger partial charge is 0.282 e. The highest BCUT2D eigenvalue weighted by atomic mass is 32.1. The van der Waals surface area contributed by atoms with Gasteiger partial charge in [-0.15, -0.1) is 11.3 Å². The standard InChI is InChI=1S/C14H19BOS/c1-11-7-8-12(14(11)10-16-15)4-2-5-13-6-3-9-17-13/h3,6,8-9,11,14H,2,4-5,7,10H2,1H3/t11?,14-/m0/s1. The average Bonchev–Trinajstić information content (AvgIpc) is 2.93. The highest BCUT2D eigenvalue weighted by Gasteiger charge is 2.25. The van der Waals surface area contributed by atoms with Gasteiger partial charge in [0.1, 0.15) is 0 Å². The molecule has 2 radical (unpaired) electrons. The second kappa shape index (κ2) is 6.41. The Hall–Kier alpha value is -0.535. The summed E-state index contributed by atoms with van der Waals surface area (Å²) in [6.45, 7) is 2.96. The third kappa shape index (κ3) is 3.46. The van der Waals surface area contributed by atoms with E-state index in [1.807, 2.05) is 11.3 Å². The molecule has 0 N–H and O–H groups in total. The van der Waals surface area contributed by atoms with Gasteiger partial charge in [-0.05, 0) is 43.0 Å². The molecule has 0 spiro atoms. The molecule has 0 amide bonds. The summed E-state index contributed by atoms with van der Waals surface area (Å²) >= 11 is 1.85. The number of hydrogen-bond acceptors (Lipinski definition) is 2. The molecule has 1 nitrogen and oxygen atoms in total. The third-order valence-electron chi connectivity index (χ3n) is 3.66. The van der Waals surface area contributed by atoms with Gasteiger partial charge >= 0.3 is 0 Å². The molecule has 0 saturated heterocycles. The van der Waals surface area contributed by atoms with E-state index in [2.05, 4.69) is 30.5 Å². The van der Waals surface area contributed by atoms with Gasteiger partial charge in [0.2, 0.25) is 0 Å². The number of rotatable bonds is 6. The Morgan fingerprint density at radius 3 is 3.06 bits per heavy atom. The highest BCUT2D eigenvalue weighted by Crippen LogP contribution is 2.34. The van der Waals surface area contributed by atoms with Crippen molar-refractivity contribution in [2.45, 2.75) is 32.6 Å². The monoisotopic (exact) mass is 246 g/mol. The Balaban J connectivity index is 1.78. The fraction of sp³-hybridized carbons (Fsp3) is 0.571. The summed E-state index contributed by atoms with van der Waals surface area (Å²) in [6.07, 6.45) is 7.20. The van der Waals surface area contributed by atoms with Gasteiger partial charge in [-0.2, -0.15) is 0 Å². The second-order valence-electron chi connectivity index (χ2n) is 4.86. The zero-order chi connectivity index (χ0) is 12.1. The molecule has 2 atom stereocenters. The van der Waals surface area contributed by atoms with Gasteiger partial charge in [0.05, 0.1) is 0 Å². The Morgan fingerprint density at radius 1 is 1.47 bits per heavy atom. The molecule has 1 aromatic rings. The van der Waals surface area contributed by atoms with Crippen LogP contribution >= 0.6 is 11.3 Å². The predicted octanol–water partition coefficient (Wildman–Crippen LogP) is 3.75. The van der Waals surface area contributed by atoms with Crippen LogP contribution in [-0.2, 0) is 11.1 Å². The molecule has 0 aromatic carbocycles. The molecule has 0 saturated carbocycles. The van der Waals surface area contributed by atoms with Crippen molar-refractivity contribution in [3.05, 3.63) is 34.0 Å². The normalized spacial score (nSPS) is 23.9. The summed E-state index contributed by atoms with van der Waals surface area (Å²) < 4.78 is 4.84. The van der Waals surface area contributed by atoms with Crippen molar-refractivity contribution in [3.8, 4) is 0 Å². The molecule has 0 fully saturated rings. The quantitative estimate of drug-likeness (QED) is 0.548. The molecule has 1 aromatic heterocycles. The first-order valence-corrected chi connectivity index (χ1v) is 7.22. The lowest BCUT2D eigenvalue weighted by Gasteiger charge is -2.19. The first-order chi connectivity index (χ1) is 8.31. The SMILES string of the molecule is [B]OC[C@@H]1C(CCCc2cccs2)=CCC1C. The fourth-order valence-corrected chi connectivity index (χ4v) is 3.35. The summed E-state index contributed by atoms with van der Waals surface area (Å²) in [4.78, 5) is 1.49. The summed E-state index contributed by atoms with van der Waals surface area (Å²) in [7, 11) is 5.21. The van der Waals surface area contributed by atoms with Crippen molar-refractivity contribution in [3.63, 3.8) is 0 Å². The van der Waals surface area contributed by atoms with Gasteiger partial charge in [0, 0.05) is 17.4 Å². The number of hydrogen-bond donors (Lipinski definition) is 0. The maximum atomic E-state index is 5.21. The fourth-order valence-electron chi connectivity index (χ4n) is 2.60. The van der Waals surface area contributed by atoms with Crippen molar-refractivity contribution in [2.75, 3.05) is 6.61 Å². The van der Waals surface area contributed by atoms with Crippen molar-refractivity contribution < 1.29 is 4.65 Å². The highest BCUT2D eigenvalue weighted by molar-refractivity contribution is 7.09. The minimum Gasteiger partial charge on any atom is -0.447 e.